The van der Waals surface area contributed by atoms with E-state index in [-0.39, 0.29) is 0 Å². The van der Waals surface area contributed by atoms with Crippen LogP contribution in [0, 0.1) is 0 Å². The zero-order chi connectivity index (χ0) is 12.5. The molecule has 0 saturated carbocycles. The summed E-state index contributed by atoms with van der Waals surface area (Å²) in [6, 6.07) is 18.4. The van der Waals surface area contributed by atoms with E-state index in [2.05, 4.69) is 35.3 Å². The summed E-state index contributed by atoms with van der Waals surface area (Å²) in [5.41, 5.74) is 3.26. The van der Waals surface area contributed by atoms with E-state index in [1.54, 1.807) is 0 Å². The van der Waals surface area contributed by atoms with Crippen molar-refractivity contribution in [2.45, 2.75) is 0 Å². The molecule has 0 N–H and O–H groups in total. The topological polar surface area (TPSA) is 18.8 Å². The Hall–Kier alpha value is -2.29. The lowest BCUT2D eigenvalue weighted by atomic mass is 10.1. The lowest BCUT2D eigenvalue weighted by Gasteiger charge is -2.36. The molecular formula is C15H15N3. The van der Waals surface area contributed by atoms with Crippen LogP contribution in [-0.2, 0) is 0 Å². The third-order valence-corrected chi connectivity index (χ3v) is 3.25. The fraction of sp³-hybridized carbons (Fsp3) is 0.133. The molecule has 2 aromatic carbocycles. The summed E-state index contributed by atoms with van der Waals surface area (Å²) in [5, 5.41) is 4.18. The van der Waals surface area contributed by atoms with Crippen molar-refractivity contribution in [1.29, 1.82) is 0 Å². The number of benzene rings is 2. The van der Waals surface area contributed by atoms with Crippen molar-refractivity contribution >= 4 is 17.2 Å². The van der Waals surface area contributed by atoms with Gasteiger partial charge in [-0.2, -0.15) is 0 Å². The molecule has 0 fully saturated rings. The lowest BCUT2D eigenvalue weighted by Crippen LogP contribution is -2.43. The van der Waals surface area contributed by atoms with E-state index in [0.29, 0.717) is 0 Å². The number of hydrogen-bond acceptors (Lipinski definition) is 3. The molecule has 0 unspecified atom stereocenters. The van der Waals surface area contributed by atoms with Gasteiger partial charge in [-0.3, -0.25) is 10.0 Å². The number of hydrazine groups is 1. The number of anilines is 1. The lowest BCUT2D eigenvalue weighted by molar-refractivity contribution is 0.487. The molecule has 1 heterocycles. The van der Waals surface area contributed by atoms with E-state index >= 15 is 0 Å². The Morgan fingerprint density at radius 1 is 0.778 bits per heavy atom. The Bertz CT molecular complexity index is 590. The van der Waals surface area contributed by atoms with E-state index in [4.69, 9.17) is 4.99 Å². The van der Waals surface area contributed by atoms with Gasteiger partial charge >= 0.3 is 0 Å². The maximum absolute atomic E-state index is 4.75. The number of aliphatic imine (C=N–C) groups is 1. The molecule has 0 spiro atoms. The first-order chi connectivity index (χ1) is 8.77. The van der Waals surface area contributed by atoms with Crippen LogP contribution in [-0.4, -0.2) is 24.9 Å². The van der Waals surface area contributed by atoms with Gasteiger partial charge in [0.05, 0.1) is 11.4 Å². The summed E-state index contributed by atoms with van der Waals surface area (Å²) in [7, 11) is 4.08. The van der Waals surface area contributed by atoms with E-state index in [9.17, 15) is 0 Å². The summed E-state index contributed by atoms with van der Waals surface area (Å²) >= 11 is 0. The molecule has 0 aliphatic carbocycles. The minimum absolute atomic E-state index is 0.969. The Kier molecular flexibility index (Phi) is 2.52. The van der Waals surface area contributed by atoms with Crippen molar-refractivity contribution in [3.8, 4) is 0 Å². The number of amidine groups is 1. The van der Waals surface area contributed by atoms with Gasteiger partial charge in [-0.25, -0.2) is 4.99 Å². The second-order valence-electron chi connectivity index (χ2n) is 4.34. The molecule has 0 bridgehead atoms. The van der Waals surface area contributed by atoms with Crippen molar-refractivity contribution in [3.63, 3.8) is 0 Å². The maximum Gasteiger partial charge on any atom is 0.154 e. The zero-order valence-electron chi connectivity index (χ0n) is 10.5. The molecule has 3 rings (SSSR count). The van der Waals surface area contributed by atoms with Crippen LogP contribution in [0.1, 0.15) is 5.56 Å². The summed E-state index contributed by atoms with van der Waals surface area (Å²) in [4.78, 5) is 4.75. The largest absolute Gasteiger partial charge is 0.285 e. The predicted octanol–water partition coefficient (Wildman–Crippen LogP) is 3.06. The van der Waals surface area contributed by atoms with E-state index < -0.39 is 0 Å². The highest BCUT2D eigenvalue weighted by Gasteiger charge is 2.21. The van der Waals surface area contributed by atoms with Crippen molar-refractivity contribution in [3.05, 3.63) is 60.2 Å². The van der Waals surface area contributed by atoms with Crippen LogP contribution in [0.25, 0.3) is 0 Å². The minimum atomic E-state index is 0.969. The van der Waals surface area contributed by atoms with Gasteiger partial charge in [0.2, 0.25) is 0 Å². The number of nitrogens with zero attached hydrogens (tertiary/aromatic N) is 3. The molecule has 0 amide bonds. The van der Waals surface area contributed by atoms with Crippen LogP contribution >= 0.6 is 0 Å². The van der Waals surface area contributed by atoms with Gasteiger partial charge in [0.1, 0.15) is 0 Å². The van der Waals surface area contributed by atoms with Crippen LogP contribution in [0.15, 0.2) is 59.6 Å². The fourth-order valence-electron chi connectivity index (χ4n) is 2.16. The molecule has 1 aliphatic heterocycles. The molecular weight excluding hydrogens is 222 g/mol. The molecule has 18 heavy (non-hydrogen) atoms. The summed E-state index contributed by atoms with van der Waals surface area (Å²) in [6.07, 6.45) is 0. The molecule has 1 aliphatic rings. The van der Waals surface area contributed by atoms with Crippen LogP contribution in [0.2, 0.25) is 0 Å². The van der Waals surface area contributed by atoms with Gasteiger partial charge in [0, 0.05) is 19.7 Å². The SMILES string of the molecule is CN1C(c2ccccc2)=Nc2ccccc2N1C. The highest BCUT2D eigenvalue weighted by molar-refractivity contribution is 6.03. The average Bonchev–Trinajstić information content (AvgIpc) is 2.44. The van der Waals surface area contributed by atoms with Crippen molar-refractivity contribution < 1.29 is 0 Å². The molecule has 3 nitrogen and oxygen atoms in total. The third kappa shape index (κ3) is 1.64. The Morgan fingerprint density at radius 3 is 2.22 bits per heavy atom. The molecule has 90 valence electrons. The molecule has 0 atom stereocenters. The fourth-order valence-corrected chi connectivity index (χ4v) is 2.16. The van der Waals surface area contributed by atoms with E-state index in [0.717, 1.165) is 22.8 Å². The highest BCUT2D eigenvalue weighted by Crippen LogP contribution is 2.33. The first-order valence-corrected chi connectivity index (χ1v) is 5.98. The standard InChI is InChI=1S/C15H15N3/c1-17-14-11-7-6-10-13(14)16-15(18(17)2)12-8-4-3-5-9-12/h3-11H,1-2H3. The average molecular weight is 237 g/mol. The smallest absolute Gasteiger partial charge is 0.154 e. The number of rotatable bonds is 1. The highest BCUT2D eigenvalue weighted by atomic mass is 15.6. The van der Waals surface area contributed by atoms with Gasteiger partial charge in [-0.15, -0.1) is 0 Å². The van der Waals surface area contributed by atoms with Crippen LogP contribution < -0.4 is 5.01 Å². The monoisotopic (exact) mass is 237 g/mol. The van der Waals surface area contributed by atoms with E-state index in [1.807, 2.05) is 43.4 Å². The second-order valence-corrected chi connectivity index (χ2v) is 4.34. The summed E-state index contributed by atoms with van der Waals surface area (Å²) in [6.45, 7) is 0. The molecule has 0 radical (unpaired) electrons. The zero-order valence-corrected chi connectivity index (χ0v) is 10.5. The van der Waals surface area contributed by atoms with Crippen LogP contribution in [0.5, 0.6) is 0 Å². The van der Waals surface area contributed by atoms with Crippen molar-refractivity contribution in [2.24, 2.45) is 4.99 Å². The Morgan fingerprint density at radius 2 is 1.44 bits per heavy atom. The summed E-state index contributed by atoms with van der Waals surface area (Å²) < 4.78 is 0. The normalized spacial score (nSPS) is 14.2. The van der Waals surface area contributed by atoms with Gasteiger partial charge in [-0.1, -0.05) is 42.5 Å². The number of fused-ring (bicyclic) bond motifs is 1. The van der Waals surface area contributed by atoms with Gasteiger partial charge in [0.15, 0.2) is 5.84 Å². The summed E-state index contributed by atoms with van der Waals surface area (Å²) in [5.74, 6) is 0.969. The molecule has 3 heteroatoms. The number of hydrogen-bond donors (Lipinski definition) is 0. The molecule has 2 aromatic rings. The third-order valence-electron chi connectivity index (χ3n) is 3.25. The van der Waals surface area contributed by atoms with Gasteiger partial charge in [-0.05, 0) is 12.1 Å². The van der Waals surface area contributed by atoms with Crippen LogP contribution in [0.4, 0.5) is 11.4 Å². The Balaban J connectivity index is 2.14. The maximum atomic E-state index is 4.75. The van der Waals surface area contributed by atoms with Crippen LogP contribution in [0.3, 0.4) is 0 Å². The molecule has 0 aromatic heterocycles. The first kappa shape index (κ1) is 10.8. The first-order valence-electron chi connectivity index (χ1n) is 5.98. The Labute approximate surface area is 107 Å². The van der Waals surface area contributed by atoms with Gasteiger partial charge in [0.25, 0.3) is 0 Å². The quantitative estimate of drug-likeness (QED) is 0.759. The second kappa shape index (κ2) is 4.18. The molecule has 0 saturated heterocycles. The van der Waals surface area contributed by atoms with Crippen molar-refractivity contribution in [1.82, 2.24) is 5.01 Å². The number of para-hydroxylation sites is 2. The van der Waals surface area contributed by atoms with Gasteiger partial charge < -0.3 is 0 Å². The van der Waals surface area contributed by atoms with Crippen molar-refractivity contribution in [2.75, 3.05) is 19.1 Å². The minimum Gasteiger partial charge on any atom is -0.285 e. The van der Waals surface area contributed by atoms with E-state index in [1.165, 1.54) is 0 Å². The predicted molar refractivity (Wildman–Crippen MR) is 75.2 cm³/mol.